The summed E-state index contributed by atoms with van der Waals surface area (Å²) in [7, 11) is 2.10. The fourth-order valence-electron chi connectivity index (χ4n) is 5.46. The molecule has 0 aliphatic carbocycles. The molecule has 1 aliphatic rings. The van der Waals surface area contributed by atoms with Gasteiger partial charge < -0.3 is 14.0 Å². The zero-order valence-electron chi connectivity index (χ0n) is 19.0. The summed E-state index contributed by atoms with van der Waals surface area (Å²) < 4.78 is 4.38. The number of aryl methyl sites for hydroxylation is 2. The van der Waals surface area contributed by atoms with Crippen molar-refractivity contribution in [3.8, 4) is 0 Å². The number of hydrogen-bond acceptors (Lipinski definition) is 2. The van der Waals surface area contributed by atoms with Crippen molar-refractivity contribution in [3.05, 3.63) is 93.9 Å². The Morgan fingerprint density at radius 1 is 1.00 bits per heavy atom. The van der Waals surface area contributed by atoms with E-state index in [2.05, 4.69) is 82.0 Å². The molecule has 3 aromatic heterocycles. The van der Waals surface area contributed by atoms with E-state index in [-0.39, 0.29) is 11.9 Å². The van der Waals surface area contributed by atoms with E-state index in [0.29, 0.717) is 0 Å². The lowest BCUT2D eigenvalue weighted by atomic mass is 9.94. The first-order valence-electron chi connectivity index (χ1n) is 11.6. The summed E-state index contributed by atoms with van der Waals surface area (Å²) in [6.45, 7) is 3.73. The number of carbonyl (C=O) groups excluding carboxylic acids is 1. The van der Waals surface area contributed by atoms with Crippen molar-refractivity contribution in [2.75, 3.05) is 6.54 Å². The molecular formula is C28H27N3OS. The van der Waals surface area contributed by atoms with Crippen LogP contribution in [0.4, 0.5) is 0 Å². The highest BCUT2D eigenvalue weighted by Gasteiger charge is 2.34. The number of benzene rings is 2. The summed E-state index contributed by atoms with van der Waals surface area (Å²) >= 11 is 1.79. The van der Waals surface area contributed by atoms with Gasteiger partial charge in [-0.25, -0.2) is 0 Å². The van der Waals surface area contributed by atoms with Gasteiger partial charge in [0.1, 0.15) is 0 Å². The second-order valence-corrected chi connectivity index (χ2v) is 9.85. The lowest BCUT2D eigenvalue weighted by Crippen LogP contribution is -2.40. The maximum atomic E-state index is 14.1. The average molecular weight is 454 g/mol. The number of nitrogens with zero attached hydrogens (tertiary/aromatic N) is 3. The number of amides is 1. The molecule has 0 saturated heterocycles. The summed E-state index contributed by atoms with van der Waals surface area (Å²) in [6.07, 6.45) is 6.03. The van der Waals surface area contributed by atoms with Crippen LogP contribution in [0.15, 0.2) is 72.4 Å². The van der Waals surface area contributed by atoms with Gasteiger partial charge in [-0.15, -0.1) is 11.3 Å². The number of carbonyl (C=O) groups is 1. The van der Waals surface area contributed by atoms with E-state index in [1.165, 1.54) is 26.9 Å². The van der Waals surface area contributed by atoms with Crippen LogP contribution in [0.1, 0.15) is 39.3 Å². The molecule has 33 heavy (non-hydrogen) atoms. The van der Waals surface area contributed by atoms with Gasteiger partial charge in [0, 0.05) is 59.2 Å². The molecule has 4 heterocycles. The fraction of sp³-hybridized carbons (Fsp3) is 0.250. The third-order valence-electron chi connectivity index (χ3n) is 7.09. The molecule has 0 spiro atoms. The first-order chi connectivity index (χ1) is 16.2. The van der Waals surface area contributed by atoms with Crippen molar-refractivity contribution in [1.29, 1.82) is 0 Å². The Kier molecular flexibility index (Phi) is 4.88. The molecule has 6 rings (SSSR count). The first kappa shape index (κ1) is 20.3. The zero-order chi connectivity index (χ0) is 22.5. The van der Waals surface area contributed by atoms with Gasteiger partial charge in [-0.2, -0.15) is 0 Å². The lowest BCUT2D eigenvalue weighted by molar-refractivity contribution is 0.0666. The summed E-state index contributed by atoms with van der Waals surface area (Å²) in [5.41, 5.74) is 5.87. The molecule has 5 aromatic rings. The Hall–Kier alpha value is -3.31. The second kappa shape index (κ2) is 7.92. The van der Waals surface area contributed by atoms with Gasteiger partial charge in [0.05, 0.1) is 11.6 Å². The summed E-state index contributed by atoms with van der Waals surface area (Å²) in [5, 5.41) is 4.50. The van der Waals surface area contributed by atoms with Gasteiger partial charge in [0.25, 0.3) is 5.91 Å². The van der Waals surface area contributed by atoms with Crippen molar-refractivity contribution in [2.45, 2.75) is 32.4 Å². The van der Waals surface area contributed by atoms with Crippen molar-refractivity contribution in [1.82, 2.24) is 14.0 Å². The highest BCUT2D eigenvalue weighted by molar-refractivity contribution is 7.10. The summed E-state index contributed by atoms with van der Waals surface area (Å²) in [5.74, 6) is 0.141. The minimum Gasteiger partial charge on any atom is -0.350 e. The smallest absolute Gasteiger partial charge is 0.256 e. The maximum Gasteiger partial charge on any atom is 0.256 e. The number of aromatic nitrogens is 2. The Bertz CT molecular complexity index is 1490. The zero-order valence-corrected chi connectivity index (χ0v) is 19.8. The number of hydrogen-bond donors (Lipinski definition) is 0. The van der Waals surface area contributed by atoms with Crippen LogP contribution in [0.5, 0.6) is 0 Å². The molecule has 1 unspecified atom stereocenters. The predicted molar refractivity (Wildman–Crippen MR) is 136 cm³/mol. The van der Waals surface area contributed by atoms with Crippen LogP contribution in [0.3, 0.4) is 0 Å². The number of thiophene rings is 1. The molecule has 1 amide bonds. The monoisotopic (exact) mass is 453 g/mol. The Labute approximate surface area is 197 Å². The number of para-hydroxylation sites is 2. The maximum absolute atomic E-state index is 14.1. The minimum absolute atomic E-state index is 0.0517. The van der Waals surface area contributed by atoms with Crippen LogP contribution in [-0.2, 0) is 26.4 Å². The topological polar surface area (TPSA) is 30.2 Å². The molecule has 1 atom stereocenters. The largest absolute Gasteiger partial charge is 0.350 e. The third-order valence-corrected chi connectivity index (χ3v) is 8.16. The van der Waals surface area contributed by atoms with E-state index >= 15 is 0 Å². The summed E-state index contributed by atoms with van der Waals surface area (Å²) in [6, 6.07) is 19.1. The lowest BCUT2D eigenvalue weighted by Gasteiger charge is -2.36. The van der Waals surface area contributed by atoms with Crippen molar-refractivity contribution in [2.24, 2.45) is 7.05 Å². The fourth-order valence-corrected chi connectivity index (χ4v) is 6.53. The van der Waals surface area contributed by atoms with E-state index < -0.39 is 0 Å². The van der Waals surface area contributed by atoms with Crippen LogP contribution in [0.25, 0.3) is 21.8 Å². The predicted octanol–water partition coefficient (Wildman–Crippen LogP) is 6.20. The molecule has 2 aromatic carbocycles. The minimum atomic E-state index is 0.0517. The normalized spacial score (nSPS) is 15.9. The molecule has 166 valence electrons. The van der Waals surface area contributed by atoms with Gasteiger partial charge >= 0.3 is 0 Å². The van der Waals surface area contributed by atoms with Crippen LogP contribution in [-0.4, -0.2) is 26.5 Å². The quantitative estimate of drug-likeness (QED) is 0.319. The van der Waals surface area contributed by atoms with Crippen molar-refractivity contribution >= 4 is 39.0 Å². The Balaban J connectivity index is 1.44. The number of fused-ring (bicyclic) bond motifs is 3. The third kappa shape index (κ3) is 3.22. The highest BCUT2D eigenvalue weighted by Crippen LogP contribution is 2.39. The van der Waals surface area contributed by atoms with E-state index in [1.807, 2.05) is 18.3 Å². The molecular weight excluding hydrogens is 426 g/mol. The SMILES string of the molecule is CCn1cc(C(=O)N2CCc3ccsc3C2Cc2cn(C)c3ccccc23)c2ccccc21. The van der Waals surface area contributed by atoms with Gasteiger partial charge in [-0.3, -0.25) is 4.79 Å². The molecule has 5 heteroatoms. The van der Waals surface area contributed by atoms with E-state index in [1.54, 1.807) is 11.3 Å². The molecule has 0 bridgehead atoms. The number of rotatable bonds is 4. The molecule has 0 fully saturated rings. The van der Waals surface area contributed by atoms with E-state index in [4.69, 9.17) is 0 Å². The van der Waals surface area contributed by atoms with E-state index in [0.717, 1.165) is 42.4 Å². The average Bonchev–Trinajstić information content (AvgIpc) is 3.55. The van der Waals surface area contributed by atoms with Gasteiger partial charge in [0.2, 0.25) is 0 Å². The molecule has 0 radical (unpaired) electrons. The Morgan fingerprint density at radius 3 is 2.58 bits per heavy atom. The van der Waals surface area contributed by atoms with E-state index in [9.17, 15) is 4.79 Å². The molecule has 4 nitrogen and oxygen atoms in total. The van der Waals surface area contributed by atoms with Crippen LogP contribution in [0, 0.1) is 0 Å². The van der Waals surface area contributed by atoms with Crippen LogP contribution in [0.2, 0.25) is 0 Å². The van der Waals surface area contributed by atoms with Crippen LogP contribution >= 0.6 is 11.3 Å². The molecule has 0 saturated carbocycles. The van der Waals surface area contributed by atoms with Crippen molar-refractivity contribution < 1.29 is 4.79 Å². The van der Waals surface area contributed by atoms with Gasteiger partial charge in [-0.05, 0) is 54.5 Å². The molecule has 0 N–H and O–H groups in total. The Morgan fingerprint density at radius 2 is 1.76 bits per heavy atom. The standard InChI is InChI=1S/C28H27N3OS/c1-3-30-18-23(22-9-5-7-11-25(22)30)28(32)31-14-12-19-13-15-33-27(19)26(31)16-20-17-29(2)24-10-6-4-8-21(20)24/h4-11,13,15,17-18,26H,3,12,14,16H2,1-2H3. The first-order valence-corrected chi connectivity index (χ1v) is 12.5. The van der Waals surface area contributed by atoms with Crippen LogP contribution < -0.4 is 0 Å². The van der Waals surface area contributed by atoms with Gasteiger partial charge in [-0.1, -0.05) is 36.4 Å². The van der Waals surface area contributed by atoms with Crippen molar-refractivity contribution in [3.63, 3.8) is 0 Å². The molecule has 1 aliphatic heterocycles. The summed E-state index contributed by atoms with van der Waals surface area (Å²) in [4.78, 5) is 17.5. The van der Waals surface area contributed by atoms with Gasteiger partial charge in [0.15, 0.2) is 0 Å². The highest BCUT2D eigenvalue weighted by atomic mass is 32.1. The second-order valence-electron chi connectivity index (χ2n) is 8.91.